The minimum Gasteiger partial charge on any atom is -0.344 e. The lowest BCUT2D eigenvalue weighted by Gasteiger charge is -2.22. The molecule has 0 atom stereocenters. The van der Waals surface area contributed by atoms with E-state index in [0.717, 1.165) is 11.1 Å². The van der Waals surface area contributed by atoms with Gasteiger partial charge in [0.05, 0.1) is 11.7 Å². The number of carbonyl (C=O) groups excluding carboxylic acids is 2. The van der Waals surface area contributed by atoms with Gasteiger partial charge in [-0.25, -0.2) is 9.18 Å². The molecule has 3 aromatic rings. The Kier molecular flexibility index (Phi) is 5.75. The Morgan fingerprint density at radius 1 is 0.867 bits per heavy atom. The molecule has 4 rings (SSSR count). The van der Waals surface area contributed by atoms with Crippen molar-refractivity contribution in [2.75, 3.05) is 24.5 Å². The quantitative estimate of drug-likeness (QED) is 0.677. The van der Waals surface area contributed by atoms with E-state index in [9.17, 15) is 14.0 Å². The Labute approximate surface area is 174 Å². The van der Waals surface area contributed by atoms with Crippen LogP contribution in [0.25, 0.3) is 0 Å². The van der Waals surface area contributed by atoms with Gasteiger partial charge in [-0.1, -0.05) is 72.8 Å². The van der Waals surface area contributed by atoms with Crippen molar-refractivity contribution in [2.24, 2.45) is 0 Å². The first kappa shape index (κ1) is 19.6. The molecule has 1 aliphatic rings. The SMILES string of the molecule is O=C(CN1CCN(c2ccccc2F)C1=O)NC(c1ccccc1)c1ccccc1. The van der Waals surface area contributed by atoms with Crippen LogP contribution >= 0.6 is 0 Å². The standard InChI is InChI=1S/C24H22FN3O2/c25-20-13-7-8-14-21(20)28-16-15-27(24(28)30)17-22(29)26-23(18-9-3-1-4-10-18)19-11-5-2-6-12-19/h1-14,23H,15-17H2,(H,26,29). The third kappa shape index (κ3) is 4.17. The lowest BCUT2D eigenvalue weighted by Crippen LogP contribution is -2.41. The van der Waals surface area contributed by atoms with E-state index in [1.807, 2.05) is 60.7 Å². The van der Waals surface area contributed by atoms with Crippen LogP contribution in [-0.2, 0) is 4.79 Å². The van der Waals surface area contributed by atoms with Crippen molar-refractivity contribution in [3.05, 3.63) is 102 Å². The number of nitrogens with one attached hydrogen (secondary N) is 1. The maximum absolute atomic E-state index is 14.1. The molecular formula is C24H22FN3O2. The molecule has 1 heterocycles. The number of rotatable bonds is 6. The second-order valence-electron chi connectivity index (χ2n) is 7.13. The Morgan fingerprint density at radius 3 is 2.03 bits per heavy atom. The summed E-state index contributed by atoms with van der Waals surface area (Å²) < 4.78 is 14.1. The van der Waals surface area contributed by atoms with E-state index in [1.165, 1.54) is 15.9 Å². The van der Waals surface area contributed by atoms with Gasteiger partial charge in [0.25, 0.3) is 0 Å². The highest BCUT2D eigenvalue weighted by molar-refractivity contribution is 5.96. The van der Waals surface area contributed by atoms with Crippen LogP contribution in [0.1, 0.15) is 17.2 Å². The van der Waals surface area contributed by atoms with Gasteiger partial charge in [0.2, 0.25) is 5.91 Å². The van der Waals surface area contributed by atoms with Crippen molar-refractivity contribution in [3.63, 3.8) is 0 Å². The Bertz CT molecular complexity index is 987. The number of amides is 3. The number of carbonyl (C=O) groups is 2. The highest BCUT2D eigenvalue weighted by Crippen LogP contribution is 2.24. The number of hydrogen-bond donors (Lipinski definition) is 1. The molecule has 0 spiro atoms. The zero-order chi connectivity index (χ0) is 20.9. The second kappa shape index (κ2) is 8.78. The van der Waals surface area contributed by atoms with Crippen LogP contribution in [-0.4, -0.2) is 36.5 Å². The summed E-state index contributed by atoms with van der Waals surface area (Å²) in [6, 6.07) is 24.8. The smallest absolute Gasteiger partial charge is 0.325 e. The number of anilines is 1. The monoisotopic (exact) mass is 403 g/mol. The van der Waals surface area contributed by atoms with Crippen molar-refractivity contribution in [1.29, 1.82) is 0 Å². The number of nitrogens with zero attached hydrogens (tertiary/aromatic N) is 2. The van der Waals surface area contributed by atoms with Crippen molar-refractivity contribution >= 4 is 17.6 Å². The molecule has 1 fully saturated rings. The summed E-state index contributed by atoms with van der Waals surface area (Å²) in [7, 11) is 0. The van der Waals surface area contributed by atoms with E-state index in [-0.39, 0.29) is 30.2 Å². The summed E-state index contributed by atoms with van der Waals surface area (Å²) in [4.78, 5) is 28.3. The molecule has 0 aliphatic carbocycles. The molecule has 3 amide bonds. The highest BCUT2D eigenvalue weighted by Gasteiger charge is 2.32. The summed E-state index contributed by atoms with van der Waals surface area (Å²) in [5, 5.41) is 3.04. The average molecular weight is 403 g/mol. The summed E-state index contributed by atoms with van der Waals surface area (Å²) in [5.41, 5.74) is 2.15. The lowest BCUT2D eigenvalue weighted by molar-refractivity contribution is -0.122. The zero-order valence-electron chi connectivity index (χ0n) is 16.4. The van der Waals surface area contributed by atoms with E-state index in [1.54, 1.807) is 18.2 Å². The van der Waals surface area contributed by atoms with Crippen LogP contribution in [0.5, 0.6) is 0 Å². The lowest BCUT2D eigenvalue weighted by atomic mass is 9.99. The Morgan fingerprint density at radius 2 is 1.43 bits per heavy atom. The van der Waals surface area contributed by atoms with Crippen molar-refractivity contribution in [3.8, 4) is 0 Å². The topological polar surface area (TPSA) is 52.7 Å². The molecule has 3 aromatic carbocycles. The number of para-hydroxylation sites is 1. The van der Waals surface area contributed by atoms with Gasteiger partial charge in [-0.2, -0.15) is 0 Å². The van der Waals surface area contributed by atoms with Crippen LogP contribution in [0.2, 0.25) is 0 Å². The van der Waals surface area contributed by atoms with Gasteiger partial charge in [0.1, 0.15) is 12.4 Å². The zero-order valence-corrected chi connectivity index (χ0v) is 16.4. The van der Waals surface area contributed by atoms with E-state index in [0.29, 0.717) is 13.1 Å². The van der Waals surface area contributed by atoms with E-state index < -0.39 is 5.82 Å². The summed E-state index contributed by atoms with van der Waals surface area (Å²) in [6.45, 7) is 0.621. The largest absolute Gasteiger partial charge is 0.344 e. The summed E-state index contributed by atoms with van der Waals surface area (Å²) in [6.07, 6.45) is 0. The van der Waals surface area contributed by atoms with E-state index in [2.05, 4.69) is 5.32 Å². The minimum absolute atomic E-state index is 0.0834. The van der Waals surface area contributed by atoms with E-state index in [4.69, 9.17) is 0 Å². The van der Waals surface area contributed by atoms with Crippen molar-refractivity contribution in [2.45, 2.75) is 6.04 Å². The Balaban J connectivity index is 1.47. The molecule has 5 nitrogen and oxygen atoms in total. The van der Waals surface area contributed by atoms with Gasteiger partial charge < -0.3 is 10.2 Å². The Hall–Kier alpha value is -3.67. The first-order valence-corrected chi connectivity index (χ1v) is 9.84. The fraction of sp³-hybridized carbons (Fsp3) is 0.167. The normalized spacial score (nSPS) is 13.7. The molecule has 0 saturated carbocycles. The van der Waals surface area contributed by atoms with Crippen molar-refractivity contribution in [1.82, 2.24) is 10.2 Å². The predicted molar refractivity (Wildman–Crippen MR) is 114 cm³/mol. The van der Waals surface area contributed by atoms with Crippen LogP contribution in [0, 0.1) is 5.82 Å². The molecule has 6 heteroatoms. The third-order valence-electron chi connectivity index (χ3n) is 5.14. The highest BCUT2D eigenvalue weighted by atomic mass is 19.1. The minimum atomic E-state index is -0.453. The molecule has 0 aromatic heterocycles. The van der Waals surface area contributed by atoms with Crippen LogP contribution in [0.15, 0.2) is 84.9 Å². The summed E-state index contributed by atoms with van der Waals surface area (Å²) in [5.74, 6) is -0.721. The van der Waals surface area contributed by atoms with E-state index >= 15 is 0 Å². The first-order chi connectivity index (χ1) is 14.6. The van der Waals surface area contributed by atoms with Gasteiger partial charge in [0.15, 0.2) is 0 Å². The molecule has 1 saturated heterocycles. The molecule has 30 heavy (non-hydrogen) atoms. The average Bonchev–Trinajstić information content (AvgIpc) is 3.13. The fourth-order valence-electron chi connectivity index (χ4n) is 3.65. The van der Waals surface area contributed by atoms with Crippen LogP contribution < -0.4 is 10.2 Å². The van der Waals surface area contributed by atoms with Gasteiger partial charge >= 0.3 is 6.03 Å². The number of urea groups is 1. The van der Waals surface area contributed by atoms with Crippen LogP contribution in [0.3, 0.4) is 0 Å². The van der Waals surface area contributed by atoms with Crippen LogP contribution in [0.4, 0.5) is 14.9 Å². The van der Waals surface area contributed by atoms with Crippen molar-refractivity contribution < 1.29 is 14.0 Å². The molecule has 1 aliphatic heterocycles. The maximum Gasteiger partial charge on any atom is 0.325 e. The number of hydrogen-bond acceptors (Lipinski definition) is 2. The second-order valence-corrected chi connectivity index (χ2v) is 7.13. The summed E-state index contributed by atoms with van der Waals surface area (Å²) >= 11 is 0. The van der Waals surface area contributed by atoms with Gasteiger partial charge in [0, 0.05) is 13.1 Å². The van der Waals surface area contributed by atoms with Gasteiger partial charge in [-0.15, -0.1) is 0 Å². The fourth-order valence-corrected chi connectivity index (χ4v) is 3.65. The molecule has 0 unspecified atom stereocenters. The molecule has 152 valence electrons. The van der Waals surface area contributed by atoms with Gasteiger partial charge in [-0.05, 0) is 23.3 Å². The predicted octanol–water partition coefficient (Wildman–Crippen LogP) is 3.97. The van der Waals surface area contributed by atoms with Gasteiger partial charge in [-0.3, -0.25) is 9.69 Å². The third-order valence-corrected chi connectivity index (χ3v) is 5.14. The number of benzene rings is 3. The molecule has 0 radical (unpaired) electrons. The molecule has 0 bridgehead atoms. The first-order valence-electron chi connectivity index (χ1n) is 9.84. The number of halogens is 1. The maximum atomic E-state index is 14.1. The molecule has 1 N–H and O–H groups in total. The molecular weight excluding hydrogens is 381 g/mol.